The van der Waals surface area contributed by atoms with Crippen LogP contribution in [0.1, 0.15) is 54.9 Å². The van der Waals surface area contributed by atoms with E-state index in [1.807, 2.05) is 63.2 Å². The highest BCUT2D eigenvalue weighted by Gasteiger charge is 2.31. The molecular weight excluding hydrogens is 605 g/mol. The van der Waals surface area contributed by atoms with Crippen LogP contribution >= 0.6 is 23.2 Å². The Morgan fingerprint density at radius 1 is 0.907 bits per heavy atom. The molecule has 232 valence electrons. The van der Waals surface area contributed by atoms with Crippen molar-refractivity contribution in [2.24, 2.45) is 0 Å². The molecule has 1 N–H and O–H groups in total. The van der Waals surface area contributed by atoms with Crippen molar-refractivity contribution in [3.63, 3.8) is 0 Å². The summed E-state index contributed by atoms with van der Waals surface area (Å²) in [5.74, 6) is -0.557. The SMILES string of the molecule is CCCCNC(=O)C(Cc1ccccc1)N(Cc1c(Cl)cccc1Cl)C(=O)CCCN(c1cccc(C)c1C)S(C)(=O)=O. The molecule has 1 unspecified atom stereocenters. The van der Waals surface area contributed by atoms with E-state index < -0.39 is 16.1 Å². The van der Waals surface area contributed by atoms with Gasteiger partial charge in [-0.15, -0.1) is 0 Å². The predicted molar refractivity (Wildman–Crippen MR) is 176 cm³/mol. The van der Waals surface area contributed by atoms with Gasteiger partial charge in [0, 0.05) is 48.1 Å². The van der Waals surface area contributed by atoms with E-state index in [-0.39, 0.29) is 37.7 Å². The fourth-order valence-electron chi connectivity index (χ4n) is 4.90. The van der Waals surface area contributed by atoms with Crippen LogP contribution in [0.4, 0.5) is 5.69 Å². The number of nitrogens with zero attached hydrogens (tertiary/aromatic N) is 2. The standard InChI is InChI=1S/C33H41Cl2N3O4S/c1-5-6-20-36-33(40)31(22-26-14-8-7-9-15-26)37(23-27-28(34)16-11-17-29(27)35)32(39)19-12-21-38(43(4,41)42)30-18-10-13-24(2)25(30)3/h7-11,13-18,31H,5-6,12,19-23H2,1-4H3,(H,36,40). The summed E-state index contributed by atoms with van der Waals surface area (Å²) >= 11 is 13.0. The highest BCUT2D eigenvalue weighted by molar-refractivity contribution is 7.92. The van der Waals surface area contributed by atoms with Crippen molar-refractivity contribution < 1.29 is 18.0 Å². The Bertz CT molecular complexity index is 1480. The third-order valence-corrected chi connectivity index (χ3v) is 9.38. The van der Waals surface area contributed by atoms with Gasteiger partial charge < -0.3 is 10.2 Å². The summed E-state index contributed by atoms with van der Waals surface area (Å²) in [6.45, 7) is 6.49. The summed E-state index contributed by atoms with van der Waals surface area (Å²) in [6, 6.07) is 19.4. The highest BCUT2D eigenvalue weighted by Crippen LogP contribution is 2.29. The van der Waals surface area contributed by atoms with Gasteiger partial charge in [0.25, 0.3) is 0 Å². The molecule has 0 heterocycles. The molecule has 3 rings (SSSR count). The van der Waals surface area contributed by atoms with Crippen LogP contribution in [0.5, 0.6) is 0 Å². The van der Waals surface area contributed by atoms with Crippen LogP contribution in [0, 0.1) is 13.8 Å². The molecule has 43 heavy (non-hydrogen) atoms. The van der Waals surface area contributed by atoms with E-state index in [2.05, 4.69) is 5.32 Å². The maximum atomic E-state index is 14.0. The van der Waals surface area contributed by atoms with Crippen LogP contribution in [-0.4, -0.2) is 50.5 Å². The largest absolute Gasteiger partial charge is 0.354 e. The minimum absolute atomic E-state index is 0.0203. The van der Waals surface area contributed by atoms with E-state index in [4.69, 9.17) is 23.2 Å². The number of rotatable bonds is 15. The van der Waals surface area contributed by atoms with E-state index in [0.29, 0.717) is 34.3 Å². The Kier molecular flexibility index (Phi) is 12.9. The number of anilines is 1. The average molecular weight is 647 g/mol. The van der Waals surface area contributed by atoms with E-state index in [1.165, 1.54) is 15.5 Å². The number of benzene rings is 3. The number of halogens is 2. The molecule has 7 nitrogen and oxygen atoms in total. The van der Waals surface area contributed by atoms with Crippen LogP contribution in [0.2, 0.25) is 10.0 Å². The van der Waals surface area contributed by atoms with E-state index >= 15 is 0 Å². The minimum atomic E-state index is -3.61. The fraction of sp³-hybridized carbons (Fsp3) is 0.394. The summed E-state index contributed by atoms with van der Waals surface area (Å²) in [5, 5.41) is 3.79. The fourth-order valence-corrected chi connectivity index (χ4v) is 6.43. The van der Waals surface area contributed by atoms with Crippen molar-refractivity contribution in [2.45, 2.75) is 65.5 Å². The van der Waals surface area contributed by atoms with Crippen LogP contribution in [-0.2, 0) is 32.6 Å². The lowest BCUT2D eigenvalue weighted by molar-refractivity contribution is -0.141. The monoisotopic (exact) mass is 645 g/mol. The number of carbonyl (C=O) groups is 2. The lowest BCUT2D eigenvalue weighted by Crippen LogP contribution is -2.50. The number of hydrogen-bond acceptors (Lipinski definition) is 4. The molecule has 0 spiro atoms. The van der Waals surface area contributed by atoms with Gasteiger partial charge in [0.05, 0.1) is 11.9 Å². The Hall–Kier alpha value is -3.07. The second-order valence-electron chi connectivity index (χ2n) is 10.7. The maximum Gasteiger partial charge on any atom is 0.243 e. The molecule has 0 saturated carbocycles. The first-order valence-electron chi connectivity index (χ1n) is 14.5. The lowest BCUT2D eigenvalue weighted by atomic mass is 10.0. The maximum absolute atomic E-state index is 14.0. The van der Waals surface area contributed by atoms with Gasteiger partial charge in [-0.05, 0) is 61.6 Å². The second-order valence-corrected chi connectivity index (χ2v) is 13.5. The zero-order valence-corrected chi connectivity index (χ0v) is 27.6. The first-order chi connectivity index (χ1) is 20.4. The van der Waals surface area contributed by atoms with Gasteiger partial charge in [-0.3, -0.25) is 13.9 Å². The Labute approximate surface area is 266 Å². The van der Waals surface area contributed by atoms with Gasteiger partial charge >= 0.3 is 0 Å². The minimum Gasteiger partial charge on any atom is -0.354 e. The van der Waals surface area contributed by atoms with Crippen molar-refractivity contribution in [3.05, 3.63) is 99.0 Å². The third-order valence-electron chi connectivity index (χ3n) is 7.49. The summed E-state index contributed by atoms with van der Waals surface area (Å²) in [5.41, 5.74) is 3.88. The molecule has 0 radical (unpaired) electrons. The second kappa shape index (κ2) is 16.1. The Morgan fingerprint density at radius 3 is 2.19 bits per heavy atom. The molecule has 0 aromatic heterocycles. The molecule has 1 atom stereocenters. The number of nitrogens with one attached hydrogen (secondary N) is 1. The van der Waals surface area contributed by atoms with Crippen LogP contribution in [0.3, 0.4) is 0 Å². The normalized spacial score (nSPS) is 12.0. The number of unbranched alkanes of at least 4 members (excludes halogenated alkanes) is 1. The van der Waals surface area contributed by atoms with Crippen LogP contribution in [0.25, 0.3) is 0 Å². The van der Waals surface area contributed by atoms with E-state index in [0.717, 1.165) is 29.5 Å². The topological polar surface area (TPSA) is 86.8 Å². The van der Waals surface area contributed by atoms with E-state index in [1.54, 1.807) is 24.3 Å². The highest BCUT2D eigenvalue weighted by atomic mass is 35.5. The van der Waals surface area contributed by atoms with Gasteiger partial charge in [-0.25, -0.2) is 8.42 Å². The van der Waals surface area contributed by atoms with Crippen molar-refractivity contribution in [1.29, 1.82) is 0 Å². The molecular formula is C33H41Cl2N3O4S. The van der Waals surface area contributed by atoms with E-state index in [9.17, 15) is 18.0 Å². The summed E-state index contributed by atoms with van der Waals surface area (Å²) in [7, 11) is -3.61. The molecule has 3 aromatic carbocycles. The average Bonchev–Trinajstić information content (AvgIpc) is 2.96. The number of sulfonamides is 1. The molecule has 0 saturated heterocycles. The first-order valence-corrected chi connectivity index (χ1v) is 17.1. The van der Waals surface area contributed by atoms with Crippen molar-refractivity contribution in [3.8, 4) is 0 Å². The van der Waals surface area contributed by atoms with Crippen LogP contribution < -0.4 is 9.62 Å². The summed E-state index contributed by atoms with van der Waals surface area (Å²) in [4.78, 5) is 29.2. The first kappa shape index (κ1) is 34.4. The van der Waals surface area contributed by atoms with Gasteiger partial charge in [-0.2, -0.15) is 0 Å². The van der Waals surface area contributed by atoms with Crippen LogP contribution in [0.15, 0.2) is 66.7 Å². The molecule has 0 fully saturated rings. The Balaban J connectivity index is 1.93. The van der Waals surface area contributed by atoms with Crippen molar-refractivity contribution in [1.82, 2.24) is 10.2 Å². The summed E-state index contributed by atoms with van der Waals surface area (Å²) < 4.78 is 26.9. The lowest BCUT2D eigenvalue weighted by Gasteiger charge is -2.32. The van der Waals surface area contributed by atoms with Gasteiger partial charge in [0.1, 0.15) is 6.04 Å². The smallest absolute Gasteiger partial charge is 0.243 e. The zero-order valence-electron chi connectivity index (χ0n) is 25.3. The molecule has 0 aliphatic carbocycles. The van der Waals surface area contributed by atoms with Gasteiger partial charge in [0.2, 0.25) is 21.8 Å². The molecule has 0 aliphatic heterocycles. The number of amides is 2. The zero-order chi connectivity index (χ0) is 31.6. The number of hydrogen-bond donors (Lipinski definition) is 1. The molecule has 0 bridgehead atoms. The third kappa shape index (κ3) is 9.71. The van der Waals surface area contributed by atoms with Gasteiger partial charge in [0.15, 0.2) is 0 Å². The quantitative estimate of drug-likeness (QED) is 0.186. The van der Waals surface area contributed by atoms with Gasteiger partial charge in [-0.1, -0.05) is 85.1 Å². The van der Waals surface area contributed by atoms with Crippen molar-refractivity contribution >= 4 is 50.7 Å². The number of carbonyl (C=O) groups excluding carboxylic acids is 2. The molecule has 0 aliphatic rings. The number of aryl methyl sites for hydroxylation is 1. The van der Waals surface area contributed by atoms with Crippen molar-refractivity contribution in [2.75, 3.05) is 23.7 Å². The Morgan fingerprint density at radius 2 is 1.56 bits per heavy atom. The molecule has 2 amide bonds. The molecule has 3 aromatic rings. The summed E-state index contributed by atoms with van der Waals surface area (Å²) in [6.07, 6.45) is 3.46. The molecule has 10 heteroatoms. The predicted octanol–water partition coefficient (Wildman–Crippen LogP) is 6.71.